The van der Waals surface area contributed by atoms with Crippen molar-refractivity contribution in [1.82, 2.24) is 10.6 Å². The standard InChI is InChI=1S/C14H22N2O4/c1-8(5-13(18)19)4-12(17)16-14(20)15-11-7-9-2-3-10(11)6-9/h8-11H,2-7H2,1H3,(H,18,19)(H2,15,16,17,20). The van der Waals surface area contributed by atoms with E-state index in [9.17, 15) is 14.4 Å². The summed E-state index contributed by atoms with van der Waals surface area (Å²) in [6, 6.07) is -0.256. The van der Waals surface area contributed by atoms with E-state index in [0.29, 0.717) is 5.92 Å². The van der Waals surface area contributed by atoms with E-state index < -0.39 is 17.9 Å². The van der Waals surface area contributed by atoms with Crippen molar-refractivity contribution in [3.63, 3.8) is 0 Å². The number of carbonyl (C=O) groups is 3. The lowest BCUT2D eigenvalue weighted by atomic mass is 9.95. The van der Waals surface area contributed by atoms with E-state index in [1.165, 1.54) is 19.3 Å². The highest BCUT2D eigenvalue weighted by atomic mass is 16.4. The summed E-state index contributed by atoms with van der Waals surface area (Å²) in [5.41, 5.74) is 0. The quantitative estimate of drug-likeness (QED) is 0.712. The predicted octanol–water partition coefficient (Wildman–Crippen LogP) is 1.50. The number of hydrogen-bond donors (Lipinski definition) is 3. The molecule has 3 N–H and O–H groups in total. The minimum absolute atomic E-state index is 0.0520. The summed E-state index contributed by atoms with van der Waals surface area (Å²) in [4.78, 5) is 33.9. The van der Waals surface area contributed by atoms with E-state index in [0.717, 1.165) is 12.3 Å². The minimum atomic E-state index is -0.934. The number of aliphatic carboxylic acids is 1. The number of amides is 3. The maximum absolute atomic E-state index is 11.7. The number of rotatable bonds is 5. The minimum Gasteiger partial charge on any atom is -0.481 e. The van der Waals surface area contributed by atoms with Gasteiger partial charge in [-0.25, -0.2) is 4.79 Å². The van der Waals surface area contributed by atoms with Gasteiger partial charge in [-0.2, -0.15) is 0 Å². The SMILES string of the molecule is CC(CC(=O)O)CC(=O)NC(=O)NC1CC2CCC1C2. The fourth-order valence-corrected chi connectivity index (χ4v) is 3.49. The number of carboxylic acids is 1. The molecule has 0 aliphatic heterocycles. The summed E-state index contributed by atoms with van der Waals surface area (Å²) < 4.78 is 0. The molecule has 0 aromatic carbocycles. The molecule has 2 saturated carbocycles. The molecule has 0 aromatic heterocycles. The second kappa shape index (κ2) is 6.24. The summed E-state index contributed by atoms with van der Waals surface area (Å²) in [5.74, 6) is -0.331. The normalized spacial score (nSPS) is 28.9. The lowest BCUT2D eigenvalue weighted by Crippen LogP contribution is -2.46. The molecule has 6 nitrogen and oxygen atoms in total. The molecule has 2 fully saturated rings. The van der Waals surface area contributed by atoms with Crippen molar-refractivity contribution in [2.24, 2.45) is 17.8 Å². The molecule has 4 atom stereocenters. The molecule has 0 saturated heterocycles. The van der Waals surface area contributed by atoms with Crippen LogP contribution in [0.2, 0.25) is 0 Å². The van der Waals surface area contributed by atoms with Gasteiger partial charge in [-0.05, 0) is 37.0 Å². The Labute approximate surface area is 118 Å². The van der Waals surface area contributed by atoms with Gasteiger partial charge >= 0.3 is 12.0 Å². The molecule has 6 heteroatoms. The largest absolute Gasteiger partial charge is 0.481 e. The zero-order chi connectivity index (χ0) is 14.7. The molecule has 3 amide bonds. The van der Waals surface area contributed by atoms with Crippen molar-refractivity contribution in [3.05, 3.63) is 0 Å². The maximum atomic E-state index is 11.7. The fraction of sp³-hybridized carbons (Fsp3) is 0.786. The number of fused-ring (bicyclic) bond motifs is 2. The highest BCUT2D eigenvalue weighted by Gasteiger charge is 2.40. The van der Waals surface area contributed by atoms with Crippen LogP contribution in [0.5, 0.6) is 0 Å². The fourth-order valence-electron chi connectivity index (χ4n) is 3.49. The van der Waals surface area contributed by atoms with Crippen molar-refractivity contribution < 1.29 is 19.5 Å². The lowest BCUT2D eigenvalue weighted by molar-refractivity contribution is -0.138. The van der Waals surface area contributed by atoms with Gasteiger partial charge in [0.25, 0.3) is 0 Å². The van der Waals surface area contributed by atoms with Crippen LogP contribution in [0.15, 0.2) is 0 Å². The Morgan fingerprint density at radius 2 is 1.95 bits per heavy atom. The molecule has 0 heterocycles. The van der Waals surface area contributed by atoms with Crippen LogP contribution in [0, 0.1) is 17.8 Å². The molecule has 112 valence electrons. The van der Waals surface area contributed by atoms with Gasteiger partial charge in [0.2, 0.25) is 5.91 Å². The summed E-state index contributed by atoms with van der Waals surface area (Å²) in [5, 5.41) is 13.8. The van der Waals surface area contributed by atoms with Gasteiger partial charge < -0.3 is 10.4 Å². The van der Waals surface area contributed by atoms with Crippen molar-refractivity contribution >= 4 is 17.9 Å². The first-order valence-corrected chi connectivity index (χ1v) is 7.26. The van der Waals surface area contributed by atoms with Gasteiger partial charge in [0.15, 0.2) is 0 Å². The smallest absolute Gasteiger partial charge is 0.321 e. The highest BCUT2D eigenvalue weighted by Crippen LogP contribution is 2.44. The highest BCUT2D eigenvalue weighted by molar-refractivity contribution is 5.94. The Bertz CT molecular complexity index is 410. The van der Waals surface area contributed by atoms with Crippen molar-refractivity contribution in [2.75, 3.05) is 0 Å². The van der Waals surface area contributed by atoms with Gasteiger partial charge in [-0.3, -0.25) is 14.9 Å². The third kappa shape index (κ3) is 3.95. The number of carbonyl (C=O) groups excluding carboxylic acids is 2. The summed E-state index contributed by atoms with van der Waals surface area (Å²) in [6.07, 6.45) is 4.61. The Morgan fingerprint density at radius 3 is 2.50 bits per heavy atom. The number of urea groups is 1. The first-order chi connectivity index (χ1) is 9.44. The first kappa shape index (κ1) is 14.8. The Kier molecular flexibility index (Phi) is 4.62. The van der Waals surface area contributed by atoms with Gasteiger partial charge in [-0.1, -0.05) is 13.3 Å². The zero-order valence-corrected chi connectivity index (χ0v) is 11.7. The van der Waals surface area contributed by atoms with Crippen LogP contribution >= 0.6 is 0 Å². The average molecular weight is 282 g/mol. The molecule has 2 bridgehead atoms. The van der Waals surface area contributed by atoms with E-state index in [4.69, 9.17) is 5.11 Å². The third-order valence-corrected chi connectivity index (χ3v) is 4.36. The van der Waals surface area contributed by atoms with Crippen LogP contribution in [0.3, 0.4) is 0 Å². The van der Waals surface area contributed by atoms with Crippen LogP contribution in [0.4, 0.5) is 4.79 Å². The summed E-state index contributed by atoms with van der Waals surface area (Å²) in [6.45, 7) is 1.68. The molecule has 4 unspecified atom stereocenters. The molecule has 2 aliphatic rings. The molecular formula is C14H22N2O4. The number of carboxylic acid groups (broad SMARTS) is 1. The summed E-state index contributed by atoms with van der Waals surface area (Å²) in [7, 11) is 0. The van der Waals surface area contributed by atoms with E-state index in [1.807, 2.05) is 0 Å². The van der Waals surface area contributed by atoms with Crippen LogP contribution in [-0.2, 0) is 9.59 Å². The van der Waals surface area contributed by atoms with Crippen LogP contribution in [-0.4, -0.2) is 29.1 Å². The van der Waals surface area contributed by atoms with E-state index in [2.05, 4.69) is 10.6 Å². The molecule has 0 aromatic rings. The first-order valence-electron chi connectivity index (χ1n) is 7.26. The van der Waals surface area contributed by atoms with Gasteiger partial charge in [-0.15, -0.1) is 0 Å². The number of hydrogen-bond acceptors (Lipinski definition) is 3. The van der Waals surface area contributed by atoms with Crippen LogP contribution in [0.1, 0.15) is 45.4 Å². The Morgan fingerprint density at radius 1 is 1.20 bits per heavy atom. The van der Waals surface area contributed by atoms with Crippen LogP contribution < -0.4 is 10.6 Å². The molecule has 2 rings (SSSR count). The summed E-state index contributed by atoms with van der Waals surface area (Å²) >= 11 is 0. The van der Waals surface area contributed by atoms with Gasteiger partial charge in [0.05, 0.1) is 0 Å². The van der Waals surface area contributed by atoms with Gasteiger partial charge in [0.1, 0.15) is 0 Å². The van der Waals surface area contributed by atoms with E-state index >= 15 is 0 Å². The van der Waals surface area contributed by atoms with Crippen molar-refractivity contribution in [2.45, 2.75) is 51.5 Å². The topological polar surface area (TPSA) is 95.5 Å². The second-order valence-corrected chi connectivity index (χ2v) is 6.21. The molecule has 0 radical (unpaired) electrons. The van der Waals surface area contributed by atoms with E-state index in [-0.39, 0.29) is 24.8 Å². The van der Waals surface area contributed by atoms with Gasteiger partial charge in [0, 0.05) is 18.9 Å². The molecule has 0 spiro atoms. The Hall–Kier alpha value is -1.59. The predicted molar refractivity (Wildman–Crippen MR) is 71.9 cm³/mol. The average Bonchev–Trinajstić information content (AvgIpc) is 2.88. The number of imide groups is 1. The molecular weight excluding hydrogens is 260 g/mol. The zero-order valence-electron chi connectivity index (χ0n) is 11.7. The third-order valence-electron chi connectivity index (χ3n) is 4.36. The van der Waals surface area contributed by atoms with E-state index in [1.54, 1.807) is 6.92 Å². The number of nitrogens with one attached hydrogen (secondary N) is 2. The van der Waals surface area contributed by atoms with Crippen LogP contribution in [0.25, 0.3) is 0 Å². The second-order valence-electron chi connectivity index (χ2n) is 6.21. The molecule has 20 heavy (non-hydrogen) atoms. The Balaban J connectivity index is 1.69. The molecule has 2 aliphatic carbocycles. The van der Waals surface area contributed by atoms with Crippen molar-refractivity contribution in [3.8, 4) is 0 Å². The lowest BCUT2D eigenvalue weighted by Gasteiger charge is -2.22. The maximum Gasteiger partial charge on any atom is 0.321 e. The van der Waals surface area contributed by atoms with Crippen molar-refractivity contribution in [1.29, 1.82) is 0 Å². The monoisotopic (exact) mass is 282 g/mol.